The highest BCUT2D eigenvalue weighted by atomic mass is 32.2. The van der Waals surface area contributed by atoms with Crippen molar-refractivity contribution in [3.63, 3.8) is 0 Å². The van der Waals surface area contributed by atoms with Gasteiger partial charge in [0.1, 0.15) is 5.76 Å². The van der Waals surface area contributed by atoms with Crippen LogP contribution in [0.4, 0.5) is 5.88 Å². The van der Waals surface area contributed by atoms with E-state index in [0.29, 0.717) is 24.9 Å². The molecule has 0 atom stereocenters. The summed E-state index contributed by atoms with van der Waals surface area (Å²) < 4.78 is 19.1. The number of fused-ring (bicyclic) bond motifs is 2. The number of ether oxygens (including phenoxy) is 1. The van der Waals surface area contributed by atoms with Crippen molar-refractivity contribution >= 4 is 55.2 Å². The number of nitrogens with zero attached hydrogens (tertiary/aromatic N) is 1. The summed E-state index contributed by atoms with van der Waals surface area (Å²) in [7, 11) is 0. The van der Waals surface area contributed by atoms with Crippen LogP contribution < -0.4 is 16.0 Å². The quantitative estimate of drug-likeness (QED) is 0.0493. The molecule has 5 rings (SSSR count). The first kappa shape index (κ1) is 42.4. The highest BCUT2D eigenvalue weighted by molar-refractivity contribution is 8.05. The second-order valence-electron chi connectivity index (χ2n) is 9.23. The Morgan fingerprint density at radius 1 is 0.741 bits per heavy atom. The molecular formula is C42H36N2O6S4. The maximum Gasteiger partial charge on any atom is 0.200 e. The third-order valence-electron chi connectivity index (χ3n) is 5.91. The van der Waals surface area contributed by atoms with Crippen LogP contribution in [0.2, 0.25) is 0 Å². The number of nitrogens with one attached hydrogen (secondary N) is 1. The Kier molecular flexibility index (Phi) is 21.0. The number of benzene rings is 2. The zero-order valence-corrected chi connectivity index (χ0v) is 31.6. The Labute approximate surface area is 343 Å². The Bertz CT molecular complexity index is 2510. The van der Waals surface area contributed by atoms with E-state index in [0.717, 1.165) is 23.5 Å². The molecule has 54 heavy (non-hydrogen) atoms. The molecule has 274 valence electrons. The van der Waals surface area contributed by atoms with E-state index in [2.05, 4.69) is 187 Å². The lowest BCUT2D eigenvalue weighted by molar-refractivity contribution is -0.302. The highest BCUT2D eigenvalue weighted by Crippen LogP contribution is 2.51. The van der Waals surface area contributed by atoms with Gasteiger partial charge in [-0.05, 0) is 125 Å². The fourth-order valence-corrected chi connectivity index (χ4v) is 6.32. The van der Waals surface area contributed by atoms with Crippen LogP contribution in [0.15, 0.2) is 83.4 Å². The van der Waals surface area contributed by atoms with Crippen LogP contribution in [0.25, 0.3) is 11.3 Å². The minimum Gasteiger partial charge on any atom is -0.440 e. The molecule has 0 bridgehead atoms. The molecular weight excluding hydrogens is 757 g/mol. The van der Waals surface area contributed by atoms with Gasteiger partial charge < -0.3 is 14.1 Å². The largest absolute Gasteiger partial charge is 0.440 e. The van der Waals surface area contributed by atoms with Crippen LogP contribution in [-0.4, -0.2) is 26.3 Å². The summed E-state index contributed by atoms with van der Waals surface area (Å²) >= 11 is 9.86. The average molecular weight is 793 g/mol. The minimum atomic E-state index is -0.0378. The molecule has 12 heteroatoms. The lowest BCUT2D eigenvalue weighted by atomic mass is 10.1. The summed E-state index contributed by atoms with van der Waals surface area (Å²) in [5, 5.41) is 0. The topological polar surface area (TPSA) is 82.4 Å². The molecule has 2 aliphatic rings. The Balaban J connectivity index is -0.000000433. The number of hydrogen-bond donors (Lipinski definition) is 3. The third kappa shape index (κ3) is 16.1. The van der Waals surface area contributed by atoms with Crippen LogP contribution in [0.5, 0.6) is 0 Å². The molecule has 0 spiro atoms. The lowest BCUT2D eigenvalue weighted by Gasteiger charge is -2.27. The monoisotopic (exact) mass is 792 g/mol. The molecule has 2 aliphatic heterocycles. The van der Waals surface area contributed by atoms with Crippen molar-refractivity contribution in [2.75, 3.05) is 31.2 Å². The van der Waals surface area contributed by atoms with Crippen molar-refractivity contribution in [2.45, 2.75) is 26.5 Å². The molecule has 1 saturated heterocycles. The van der Waals surface area contributed by atoms with Gasteiger partial charge in [-0.15, -0.1) is 15.7 Å². The smallest absolute Gasteiger partial charge is 0.200 e. The summed E-state index contributed by atoms with van der Waals surface area (Å²) in [5.74, 6) is 48.1. The first-order valence-electron chi connectivity index (χ1n) is 15.1. The van der Waals surface area contributed by atoms with Gasteiger partial charge in [-0.25, -0.2) is 4.28 Å². The SMILES string of the molecule is C#CC#CC#CC#CC#CC#CC#CC#CC#CC#CC.O=c1cc(-c2cccc3c2Sc2ccccc2S3)oc(N2CCOCC2)c1.SONOOS.[HH].[HH].[HH].[HH].[HH].[HH]. The van der Waals surface area contributed by atoms with Crippen molar-refractivity contribution in [2.24, 2.45) is 0 Å². The second-order valence-corrected chi connectivity index (χ2v) is 11.7. The van der Waals surface area contributed by atoms with Gasteiger partial charge in [0.05, 0.1) is 13.2 Å². The predicted molar refractivity (Wildman–Crippen MR) is 230 cm³/mol. The third-order valence-corrected chi connectivity index (χ3v) is 8.67. The number of hydrogen-bond acceptors (Lipinski definition) is 12. The molecule has 2 aromatic carbocycles. The molecule has 8 nitrogen and oxygen atoms in total. The number of rotatable bonds is 5. The number of morpholine rings is 1. The predicted octanol–water partition coefficient (Wildman–Crippen LogP) is 6.97. The molecule has 1 fully saturated rings. The fourth-order valence-electron chi connectivity index (χ4n) is 3.88. The van der Waals surface area contributed by atoms with Gasteiger partial charge >= 0.3 is 0 Å². The van der Waals surface area contributed by atoms with E-state index >= 15 is 0 Å². The van der Waals surface area contributed by atoms with Crippen molar-refractivity contribution in [1.29, 1.82) is 0 Å². The average Bonchev–Trinajstić information content (AvgIpc) is 3.20. The molecule has 3 heterocycles. The first-order valence-corrected chi connectivity index (χ1v) is 17.4. The van der Waals surface area contributed by atoms with E-state index in [1.807, 2.05) is 12.1 Å². The van der Waals surface area contributed by atoms with Gasteiger partial charge in [-0.3, -0.25) is 4.79 Å². The summed E-state index contributed by atoms with van der Waals surface area (Å²) in [4.78, 5) is 23.1. The van der Waals surface area contributed by atoms with Crippen LogP contribution in [-0.2, 0) is 18.3 Å². The zero-order valence-electron chi connectivity index (χ0n) is 28.2. The molecule has 0 unspecified atom stereocenters. The molecule has 1 N–H and O–H groups in total. The summed E-state index contributed by atoms with van der Waals surface area (Å²) in [5.41, 5.74) is 2.69. The van der Waals surface area contributed by atoms with Crippen molar-refractivity contribution < 1.29 is 31.3 Å². The van der Waals surface area contributed by atoms with Crippen LogP contribution in [0, 0.1) is 119 Å². The molecule has 3 aromatic rings. The maximum absolute atomic E-state index is 12.4. The van der Waals surface area contributed by atoms with E-state index in [1.54, 1.807) is 48.2 Å². The van der Waals surface area contributed by atoms with E-state index < -0.39 is 0 Å². The zero-order chi connectivity index (χ0) is 38.5. The standard InChI is InChI=1S/C21H17NO3S2.C21H4.H3NO3S2.6H2/c23-14-12-16(25-20(13-14)22-8-10-24-11-9-22)15-4-3-7-19-21(15)27-18-6-2-1-5-17(18)26-19;1-3-5-7-9-11-13-15-17-19-21-20-18-16-14-12-10-8-6-4-2;5-3-1-2-4-6;;;;;;/h1-7,12-13H,8-11H2;1H,2H3;1,5-6H;6*1H. The van der Waals surface area contributed by atoms with Gasteiger partial charge in [0.15, 0.2) is 11.3 Å². The Hall–Kier alpha value is -6.01. The normalized spacial score (nSPS) is 10.4. The number of terminal acetylenes is 1. The maximum atomic E-state index is 12.4. The summed E-state index contributed by atoms with van der Waals surface area (Å²) in [6, 6.07) is 17.7. The van der Waals surface area contributed by atoms with E-state index in [1.165, 1.54) is 14.7 Å². The van der Waals surface area contributed by atoms with Gasteiger partial charge in [0, 0.05) is 96.6 Å². The summed E-state index contributed by atoms with van der Waals surface area (Å²) in [6.45, 7) is 4.47. The van der Waals surface area contributed by atoms with Crippen LogP contribution in [0.1, 0.15) is 15.5 Å². The minimum absolute atomic E-state index is 0. The summed E-state index contributed by atoms with van der Waals surface area (Å²) in [6.07, 6.45) is 4.90. The molecule has 0 saturated carbocycles. The molecule has 0 aliphatic carbocycles. The number of thiol groups is 2. The molecule has 0 amide bonds. The second kappa shape index (κ2) is 26.7. The fraction of sp³-hybridized carbons (Fsp3) is 0.119. The van der Waals surface area contributed by atoms with Crippen molar-refractivity contribution in [3.8, 4) is 130 Å². The van der Waals surface area contributed by atoms with Gasteiger partial charge in [-0.2, -0.15) is 0 Å². The van der Waals surface area contributed by atoms with Crippen LogP contribution >= 0.6 is 49.3 Å². The van der Waals surface area contributed by atoms with E-state index in [9.17, 15) is 4.79 Å². The molecule has 0 radical (unpaired) electrons. The van der Waals surface area contributed by atoms with E-state index in [4.69, 9.17) is 15.6 Å². The van der Waals surface area contributed by atoms with Gasteiger partial charge in [0.25, 0.3) is 0 Å². The molecule has 1 aromatic heterocycles. The lowest BCUT2D eigenvalue weighted by Crippen LogP contribution is -2.36. The van der Waals surface area contributed by atoms with Crippen LogP contribution in [0.3, 0.4) is 0 Å². The van der Waals surface area contributed by atoms with Crippen molar-refractivity contribution in [3.05, 3.63) is 64.8 Å². The Morgan fingerprint density at radius 2 is 1.28 bits per heavy atom. The number of anilines is 1. The van der Waals surface area contributed by atoms with E-state index in [-0.39, 0.29) is 14.0 Å². The van der Waals surface area contributed by atoms with Gasteiger partial charge in [-0.1, -0.05) is 53.7 Å². The highest BCUT2D eigenvalue weighted by Gasteiger charge is 2.22. The Morgan fingerprint density at radius 3 is 1.80 bits per heavy atom. The van der Waals surface area contributed by atoms with Gasteiger partial charge in [0.2, 0.25) is 0 Å². The first-order chi connectivity index (χ1) is 26.6. The van der Waals surface area contributed by atoms with Crippen molar-refractivity contribution in [1.82, 2.24) is 5.64 Å².